The Morgan fingerprint density at radius 2 is 2.05 bits per heavy atom. The second-order valence-corrected chi connectivity index (χ2v) is 5.39. The minimum atomic E-state index is -0.623. The van der Waals surface area contributed by atoms with Crippen LogP contribution in [-0.2, 0) is 0 Å². The molecule has 19 heavy (non-hydrogen) atoms. The van der Waals surface area contributed by atoms with E-state index in [0.29, 0.717) is 17.5 Å². The SMILES string of the molecule is Cc1ccc(C(O)CCN2CCC(O)CC2)cc1F. The van der Waals surface area contributed by atoms with Crippen LogP contribution >= 0.6 is 0 Å². The van der Waals surface area contributed by atoms with E-state index in [9.17, 15) is 14.6 Å². The number of rotatable bonds is 4. The number of hydrogen-bond donors (Lipinski definition) is 2. The summed E-state index contributed by atoms with van der Waals surface area (Å²) in [6.07, 6.45) is 1.40. The van der Waals surface area contributed by atoms with Gasteiger partial charge in [-0.25, -0.2) is 4.39 Å². The summed E-state index contributed by atoms with van der Waals surface area (Å²) in [4.78, 5) is 2.24. The van der Waals surface area contributed by atoms with Crippen molar-refractivity contribution < 1.29 is 14.6 Å². The first kappa shape index (κ1) is 14.4. The third-order valence-electron chi connectivity index (χ3n) is 3.86. The quantitative estimate of drug-likeness (QED) is 0.877. The molecule has 0 spiro atoms. The van der Waals surface area contributed by atoms with Crippen LogP contribution in [0.4, 0.5) is 4.39 Å². The van der Waals surface area contributed by atoms with E-state index >= 15 is 0 Å². The molecule has 1 heterocycles. The van der Waals surface area contributed by atoms with Crippen LogP contribution in [0.25, 0.3) is 0 Å². The monoisotopic (exact) mass is 267 g/mol. The zero-order valence-electron chi connectivity index (χ0n) is 11.3. The van der Waals surface area contributed by atoms with Crippen molar-refractivity contribution in [3.05, 3.63) is 35.1 Å². The van der Waals surface area contributed by atoms with Crippen LogP contribution in [0.3, 0.4) is 0 Å². The van der Waals surface area contributed by atoms with Gasteiger partial charge in [0, 0.05) is 19.6 Å². The highest BCUT2D eigenvalue weighted by Crippen LogP contribution is 2.20. The Morgan fingerprint density at radius 1 is 1.37 bits per heavy atom. The van der Waals surface area contributed by atoms with E-state index in [1.807, 2.05) is 0 Å². The lowest BCUT2D eigenvalue weighted by molar-refractivity contribution is 0.0711. The van der Waals surface area contributed by atoms with Crippen molar-refractivity contribution in [3.8, 4) is 0 Å². The van der Waals surface area contributed by atoms with Gasteiger partial charge in [-0.2, -0.15) is 0 Å². The van der Waals surface area contributed by atoms with Gasteiger partial charge in [-0.1, -0.05) is 12.1 Å². The normalized spacial score (nSPS) is 19.6. The van der Waals surface area contributed by atoms with Crippen LogP contribution in [0.2, 0.25) is 0 Å². The van der Waals surface area contributed by atoms with E-state index in [1.54, 1.807) is 19.1 Å². The topological polar surface area (TPSA) is 43.7 Å². The van der Waals surface area contributed by atoms with E-state index in [0.717, 1.165) is 32.5 Å². The third-order valence-corrected chi connectivity index (χ3v) is 3.86. The van der Waals surface area contributed by atoms with Crippen LogP contribution < -0.4 is 0 Å². The Morgan fingerprint density at radius 3 is 2.68 bits per heavy atom. The maximum atomic E-state index is 13.4. The van der Waals surface area contributed by atoms with Gasteiger partial charge >= 0.3 is 0 Å². The van der Waals surface area contributed by atoms with Gasteiger partial charge in [0.15, 0.2) is 0 Å². The van der Waals surface area contributed by atoms with Crippen LogP contribution in [0.5, 0.6) is 0 Å². The van der Waals surface area contributed by atoms with Crippen LogP contribution in [0.1, 0.15) is 36.5 Å². The van der Waals surface area contributed by atoms with E-state index in [-0.39, 0.29) is 11.9 Å². The molecule has 0 aliphatic carbocycles. The highest BCUT2D eigenvalue weighted by Gasteiger charge is 2.18. The van der Waals surface area contributed by atoms with Crippen molar-refractivity contribution in [2.75, 3.05) is 19.6 Å². The predicted molar refractivity (Wildman–Crippen MR) is 72.4 cm³/mol. The number of hydrogen-bond acceptors (Lipinski definition) is 3. The summed E-state index contributed by atoms with van der Waals surface area (Å²) in [6.45, 7) is 4.24. The number of piperidine rings is 1. The number of aryl methyl sites for hydroxylation is 1. The summed E-state index contributed by atoms with van der Waals surface area (Å²) in [5.41, 5.74) is 1.24. The summed E-state index contributed by atoms with van der Waals surface area (Å²) in [6, 6.07) is 4.90. The number of benzene rings is 1. The Bertz CT molecular complexity index is 417. The lowest BCUT2D eigenvalue weighted by atomic mass is 10.0. The number of nitrogens with zero attached hydrogens (tertiary/aromatic N) is 1. The molecule has 1 atom stereocenters. The van der Waals surface area contributed by atoms with Gasteiger partial charge in [-0.05, 0) is 43.4 Å². The summed E-state index contributed by atoms with van der Waals surface area (Å²) in [7, 11) is 0. The zero-order chi connectivity index (χ0) is 13.8. The second kappa shape index (κ2) is 6.46. The molecule has 3 nitrogen and oxygen atoms in total. The molecule has 1 unspecified atom stereocenters. The summed E-state index contributed by atoms with van der Waals surface area (Å²) in [5, 5.41) is 19.5. The molecule has 0 amide bonds. The average molecular weight is 267 g/mol. The van der Waals surface area contributed by atoms with Gasteiger partial charge in [-0.15, -0.1) is 0 Å². The average Bonchev–Trinajstić information content (AvgIpc) is 2.41. The molecule has 1 aromatic carbocycles. The minimum absolute atomic E-state index is 0.174. The fraction of sp³-hybridized carbons (Fsp3) is 0.600. The first-order valence-corrected chi connectivity index (χ1v) is 6.91. The van der Waals surface area contributed by atoms with Gasteiger partial charge in [0.2, 0.25) is 0 Å². The van der Waals surface area contributed by atoms with Crippen LogP contribution in [0, 0.1) is 12.7 Å². The molecule has 1 aromatic rings. The highest BCUT2D eigenvalue weighted by atomic mass is 19.1. The smallest absolute Gasteiger partial charge is 0.126 e. The molecular formula is C15H22FNO2. The van der Waals surface area contributed by atoms with Gasteiger partial charge < -0.3 is 15.1 Å². The largest absolute Gasteiger partial charge is 0.393 e. The molecule has 0 bridgehead atoms. The highest BCUT2D eigenvalue weighted by molar-refractivity contribution is 5.24. The molecule has 2 N–H and O–H groups in total. The Hall–Kier alpha value is -0.970. The lowest BCUT2D eigenvalue weighted by Gasteiger charge is -2.30. The molecule has 0 radical (unpaired) electrons. The van der Waals surface area contributed by atoms with Gasteiger partial charge in [0.25, 0.3) is 0 Å². The predicted octanol–water partition coefficient (Wildman–Crippen LogP) is 2.01. The molecule has 1 aliphatic rings. The third kappa shape index (κ3) is 4.00. The fourth-order valence-electron chi connectivity index (χ4n) is 2.43. The fourth-order valence-corrected chi connectivity index (χ4v) is 2.43. The van der Waals surface area contributed by atoms with E-state index in [2.05, 4.69) is 4.90 Å². The molecule has 0 aromatic heterocycles. The summed E-state index contributed by atoms with van der Waals surface area (Å²) in [5.74, 6) is -0.266. The maximum absolute atomic E-state index is 13.4. The minimum Gasteiger partial charge on any atom is -0.393 e. The van der Waals surface area contributed by atoms with Crippen molar-refractivity contribution in [2.45, 2.75) is 38.4 Å². The molecule has 0 saturated carbocycles. The first-order valence-electron chi connectivity index (χ1n) is 6.91. The van der Waals surface area contributed by atoms with Crippen LogP contribution in [-0.4, -0.2) is 40.9 Å². The maximum Gasteiger partial charge on any atom is 0.126 e. The number of likely N-dealkylation sites (tertiary alicyclic amines) is 1. The number of aliphatic hydroxyl groups excluding tert-OH is 2. The molecule has 1 aliphatic heterocycles. The van der Waals surface area contributed by atoms with Crippen LogP contribution in [0.15, 0.2) is 18.2 Å². The van der Waals surface area contributed by atoms with E-state index in [1.165, 1.54) is 6.07 Å². The summed E-state index contributed by atoms with van der Waals surface area (Å²) < 4.78 is 13.4. The number of halogens is 1. The molecule has 2 rings (SSSR count). The van der Waals surface area contributed by atoms with Crippen molar-refractivity contribution in [1.82, 2.24) is 4.90 Å². The van der Waals surface area contributed by atoms with Gasteiger partial charge in [-0.3, -0.25) is 0 Å². The van der Waals surface area contributed by atoms with E-state index < -0.39 is 6.10 Å². The molecule has 1 saturated heterocycles. The van der Waals surface area contributed by atoms with Crippen molar-refractivity contribution in [1.29, 1.82) is 0 Å². The van der Waals surface area contributed by atoms with Crippen molar-refractivity contribution >= 4 is 0 Å². The summed E-state index contributed by atoms with van der Waals surface area (Å²) >= 11 is 0. The molecule has 4 heteroatoms. The lowest BCUT2D eigenvalue weighted by Crippen LogP contribution is -2.36. The standard InChI is InChI=1S/C15H22FNO2/c1-11-2-3-12(10-14(11)16)15(19)6-9-17-7-4-13(18)5-8-17/h2-3,10,13,15,18-19H,4-9H2,1H3. The molecular weight excluding hydrogens is 245 g/mol. The van der Waals surface area contributed by atoms with E-state index in [4.69, 9.17) is 0 Å². The Balaban J connectivity index is 1.83. The second-order valence-electron chi connectivity index (χ2n) is 5.39. The Labute approximate surface area is 113 Å². The van der Waals surface area contributed by atoms with Gasteiger partial charge in [0.05, 0.1) is 12.2 Å². The molecule has 1 fully saturated rings. The van der Waals surface area contributed by atoms with Gasteiger partial charge in [0.1, 0.15) is 5.82 Å². The Kier molecular flexibility index (Phi) is 4.91. The van der Waals surface area contributed by atoms with Crippen molar-refractivity contribution in [2.24, 2.45) is 0 Å². The first-order chi connectivity index (χ1) is 9.06. The van der Waals surface area contributed by atoms with Crippen molar-refractivity contribution in [3.63, 3.8) is 0 Å². The number of aliphatic hydroxyl groups is 2. The zero-order valence-corrected chi connectivity index (χ0v) is 11.3. The molecule has 106 valence electrons.